The number of nitrogens with zero attached hydrogens (tertiary/aromatic N) is 4. The van der Waals surface area contributed by atoms with E-state index in [9.17, 15) is 9.59 Å². The zero-order chi connectivity index (χ0) is 23.1. The highest BCUT2D eigenvalue weighted by Gasteiger charge is 2.19. The molecule has 0 amide bonds. The first kappa shape index (κ1) is 28.4. The Morgan fingerprint density at radius 3 is 1.38 bits per heavy atom. The number of hydrogen-bond donors (Lipinski definition) is 0. The van der Waals surface area contributed by atoms with Gasteiger partial charge in [0.15, 0.2) is 0 Å². The second-order valence-electron chi connectivity index (χ2n) is 9.19. The molecule has 2 aliphatic heterocycles. The van der Waals surface area contributed by atoms with Gasteiger partial charge in [0.1, 0.15) is 11.2 Å². The van der Waals surface area contributed by atoms with Crippen LogP contribution in [0.2, 0.25) is 0 Å². The van der Waals surface area contributed by atoms with Crippen LogP contribution in [0.25, 0.3) is 32.7 Å². The molecular weight excluding hydrogens is 519 g/mol. The van der Waals surface area contributed by atoms with Gasteiger partial charge in [-0.05, 0) is 50.7 Å². The molecule has 2 aliphatic rings. The predicted octanol–water partition coefficient (Wildman–Crippen LogP) is 4.80. The molecule has 9 nitrogen and oxygen atoms in total. The van der Waals surface area contributed by atoms with E-state index in [1.807, 2.05) is 0 Å². The van der Waals surface area contributed by atoms with E-state index in [1.54, 1.807) is 36.9 Å². The molecular formula is C26H30Cl2N4O5. The largest absolute Gasteiger partial charge is 0.422 e. The van der Waals surface area contributed by atoms with Crippen LogP contribution in [-0.2, 0) is 0 Å². The van der Waals surface area contributed by atoms with Gasteiger partial charge in [0, 0.05) is 49.1 Å². The quantitative estimate of drug-likeness (QED) is 0.156. The van der Waals surface area contributed by atoms with Crippen LogP contribution in [0.4, 0.5) is 11.4 Å². The Labute approximate surface area is 225 Å². The van der Waals surface area contributed by atoms with E-state index in [1.165, 1.54) is 12.8 Å². The Balaban J connectivity index is 0.00000127. The molecule has 11 heteroatoms. The van der Waals surface area contributed by atoms with Crippen molar-refractivity contribution in [2.45, 2.75) is 38.5 Å². The molecule has 2 N–H and O–H groups in total. The Kier molecular flexibility index (Phi) is 9.17. The summed E-state index contributed by atoms with van der Waals surface area (Å²) in [4.78, 5) is 39.3. The van der Waals surface area contributed by atoms with E-state index < -0.39 is 11.3 Å². The first-order valence-corrected chi connectivity index (χ1v) is 12.0. The maximum Gasteiger partial charge on any atom is 0.344 e. The van der Waals surface area contributed by atoms with Crippen molar-refractivity contribution in [3.63, 3.8) is 0 Å². The van der Waals surface area contributed by atoms with Crippen LogP contribution < -0.4 is 11.3 Å². The van der Waals surface area contributed by atoms with Crippen molar-refractivity contribution in [2.24, 2.45) is 9.98 Å². The van der Waals surface area contributed by atoms with Gasteiger partial charge in [-0.2, -0.15) is 0 Å². The highest BCUT2D eigenvalue weighted by Crippen LogP contribution is 2.35. The van der Waals surface area contributed by atoms with Gasteiger partial charge in [-0.15, -0.1) is 24.8 Å². The first-order valence-electron chi connectivity index (χ1n) is 12.0. The van der Waals surface area contributed by atoms with Crippen LogP contribution in [0.3, 0.4) is 0 Å². The molecule has 0 spiro atoms. The van der Waals surface area contributed by atoms with E-state index in [-0.39, 0.29) is 30.3 Å². The van der Waals surface area contributed by atoms with Gasteiger partial charge in [-0.3, -0.25) is 0 Å². The topological polar surface area (TPSA) is 123 Å². The highest BCUT2D eigenvalue weighted by atomic mass is 35.5. The summed E-state index contributed by atoms with van der Waals surface area (Å²) < 4.78 is 11.3. The second-order valence-corrected chi connectivity index (χ2v) is 9.19. The maximum atomic E-state index is 12.9. The van der Waals surface area contributed by atoms with Gasteiger partial charge in [-0.1, -0.05) is 0 Å². The summed E-state index contributed by atoms with van der Waals surface area (Å²) in [5, 5.41) is 1.89. The summed E-state index contributed by atoms with van der Waals surface area (Å²) in [6.07, 6.45) is 10.7. The van der Waals surface area contributed by atoms with Crippen LogP contribution in [0, 0.1) is 0 Å². The normalized spacial score (nSPS) is 16.4. The second kappa shape index (κ2) is 11.9. The van der Waals surface area contributed by atoms with E-state index in [0.29, 0.717) is 44.1 Å². The monoisotopic (exact) mass is 548 g/mol. The molecule has 198 valence electrons. The summed E-state index contributed by atoms with van der Waals surface area (Å²) in [7, 11) is 0. The number of hydrogen-bond acceptors (Lipinski definition) is 6. The van der Waals surface area contributed by atoms with Gasteiger partial charge in [0.2, 0.25) is 0 Å². The van der Waals surface area contributed by atoms with E-state index in [2.05, 4.69) is 19.8 Å². The van der Waals surface area contributed by atoms with Crippen molar-refractivity contribution in [1.29, 1.82) is 0 Å². The minimum Gasteiger partial charge on any atom is -0.422 e. The summed E-state index contributed by atoms with van der Waals surface area (Å²) in [6.45, 7) is 3.88. The van der Waals surface area contributed by atoms with Gasteiger partial charge < -0.3 is 24.1 Å². The number of likely N-dealkylation sites (tertiary alicyclic amines) is 2. The minimum atomic E-state index is -0.486. The molecule has 0 radical (unpaired) electrons. The number of piperidine rings is 2. The van der Waals surface area contributed by atoms with Gasteiger partial charge in [-0.25, -0.2) is 19.6 Å². The molecule has 4 heterocycles. The Hall–Kier alpha value is -3.14. The summed E-state index contributed by atoms with van der Waals surface area (Å²) in [6, 6.07) is 6.83. The van der Waals surface area contributed by atoms with Crippen molar-refractivity contribution in [3.8, 4) is 0 Å². The third kappa shape index (κ3) is 5.58. The summed E-state index contributed by atoms with van der Waals surface area (Å²) in [5.74, 6) is 0. The first-order chi connectivity index (χ1) is 16.7. The number of halogens is 2. The Morgan fingerprint density at radius 2 is 1.00 bits per heavy atom. The lowest BCUT2D eigenvalue weighted by Crippen LogP contribution is -2.28. The average molecular weight is 549 g/mol. The lowest BCUT2D eigenvalue weighted by atomic mass is 10.0. The van der Waals surface area contributed by atoms with Gasteiger partial charge in [0.25, 0.3) is 0 Å². The minimum absolute atomic E-state index is 0. The van der Waals surface area contributed by atoms with Crippen LogP contribution in [0.5, 0.6) is 0 Å². The van der Waals surface area contributed by atoms with Gasteiger partial charge in [0.05, 0.1) is 34.8 Å². The summed E-state index contributed by atoms with van der Waals surface area (Å²) >= 11 is 0. The molecule has 0 bridgehead atoms. The lowest BCUT2D eigenvalue weighted by molar-refractivity contribution is 0.351. The molecule has 4 aromatic rings. The smallest absolute Gasteiger partial charge is 0.344 e. The average Bonchev–Trinajstić information content (AvgIpc) is 2.87. The van der Waals surface area contributed by atoms with Crippen molar-refractivity contribution in [3.05, 3.63) is 45.1 Å². The Morgan fingerprint density at radius 1 is 0.622 bits per heavy atom. The fourth-order valence-electron chi connectivity index (χ4n) is 5.02. The Bertz CT molecular complexity index is 1420. The molecule has 0 saturated carbocycles. The predicted molar refractivity (Wildman–Crippen MR) is 152 cm³/mol. The standard InChI is InChI=1S/C26H26N4O4.2ClH.H2O/c31-25-19-11-17(27-15-29-7-3-1-4-8-29)13-21-23(19)24-20(26(32)33-21)12-18(14-22(24)34-25)28-16-30-9-5-2-6-10-30;;;/h11-16H,1-10H2;2*1H;1H2/b27-15+,28-16+;;;. The fraction of sp³-hybridized carbons (Fsp3) is 0.385. The zero-order valence-corrected chi connectivity index (χ0v) is 21.9. The SMILES string of the molecule is Cl.Cl.O.O=c1oc2cc(/N=C/N3CCCCC3)cc3c(=O)oc4cc(/N=C/N5CCCCC5)cc1c4c23. The molecule has 2 aromatic carbocycles. The third-order valence-electron chi connectivity index (χ3n) is 6.79. The van der Waals surface area contributed by atoms with E-state index in [4.69, 9.17) is 8.83 Å². The fourth-order valence-corrected chi connectivity index (χ4v) is 5.02. The van der Waals surface area contributed by atoms with Crippen LogP contribution in [0.1, 0.15) is 38.5 Å². The molecule has 0 unspecified atom stereocenters. The number of aliphatic imine (C=N–C) groups is 2. The van der Waals surface area contributed by atoms with E-state index >= 15 is 0 Å². The molecule has 37 heavy (non-hydrogen) atoms. The summed E-state index contributed by atoms with van der Waals surface area (Å²) in [5.41, 5.74) is 0.809. The molecule has 2 fully saturated rings. The van der Waals surface area contributed by atoms with E-state index in [0.717, 1.165) is 51.9 Å². The van der Waals surface area contributed by atoms with Crippen molar-refractivity contribution in [1.82, 2.24) is 9.80 Å². The maximum absolute atomic E-state index is 12.9. The third-order valence-corrected chi connectivity index (χ3v) is 6.79. The number of rotatable bonds is 4. The molecule has 2 saturated heterocycles. The molecule has 0 atom stereocenters. The van der Waals surface area contributed by atoms with Crippen LogP contribution in [-0.4, -0.2) is 54.1 Å². The molecule has 6 rings (SSSR count). The van der Waals surface area contributed by atoms with Crippen molar-refractivity contribution in [2.75, 3.05) is 26.2 Å². The number of benzene rings is 2. The van der Waals surface area contributed by atoms with Crippen molar-refractivity contribution < 1.29 is 14.3 Å². The van der Waals surface area contributed by atoms with Gasteiger partial charge >= 0.3 is 11.3 Å². The highest BCUT2D eigenvalue weighted by molar-refractivity contribution is 6.20. The lowest BCUT2D eigenvalue weighted by Gasteiger charge is -2.23. The molecule has 0 aliphatic carbocycles. The van der Waals surface area contributed by atoms with Crippen LogP contribution >= 0.6 is 24.8 Å². The van der Waals surface area contributed by atoms with Crippen LogP contribution in [0.15, 0.2) is 52.7 Å². The van der Waals surface area contributed by atoms with Crippen molar-refractivity contribution >= 4 is 81.6 Å². The zero-order valence-electron chi connectivity index (χ0n) is 20.3. The molecule has 2 aromatic heterocycles.